The van der Waals surface area contributed by atoms with Crippen LogP contribution in [-0.2, 0) is 4.79 Å². The second-order valence-corrected chi connectivity index (χ2v) is 8.10. The highest BCUT2D eigenvalue weighted by molar-refractivity contribution is 7.12. The maximum Gasteiger partial charge on any atom is 0.268 e. The molecule has 1 heterocycles. The van der Waals surface area contributed by atoms with Gasteiger partial charge in [-0.2, -0.15) is 0 Å². The largest absolute Gasteiger partial charge is 0.324 e. The summed E-state index contributed by atoms with van der Waals surface area (Å²) < 4.78 is 0. The third-order valence-electron chi connectivity index (χ3n) is 5.04. The van der Waals surface area contributed by atoms with Gasteiger partial charge in [-0.3, -0.25) is 14.4 Å². The summed E-state index contributed by atoms with van der Waals surface area (Å²) in [5.41, 5.74) is 1.88. The topological polar surface area (TPSA) is 78.5 Å². The third kappa shape index (κ3) is 5.19. The molecule has 160 valence electrons. The third-order valence-corrected chi connectivity index (χ3v) is 5.90. The van der Waals surface area contributed by atoms with Crippen LogP contribution in [0.4, 0.5) is 17.1 Å². The zero-order chi connectivity index (χ0) is 22.4. The Morgan fingerprint density at radius 1 is 0.935 bits per heavy atom. The molecule has 2 aromatic carbocycles. The molecule has 0 aliphatic rings. The predicted octanol–water partition coefficient (Wildman–Crippen LogP) is 5.26. The Balaban J connectivity index is 1.84. The van der Waals surface area contributed by atoms with Gasteiger partial charge in [0.25, 0.3) is 11.8 Å². The number of para-hydroxylation sites is 3. The SMILES string of the molecule is CCC(C)C(=O)Nc1ccccc1NC(=O)c1ccccc1N(C)C(=O)c1cccs1. The zero-order valence-corrected chi connectivity index (χ0v) is 18.5. The van der Waals surface area contributed by atoms with Crippen LogP contribution in [0.25, 0.3) is 0 Å². The van der Waals surface area contributed by atoms with Crippen LogP contribution in [-0.4, -0.2) is 24.8 Å². The molecule has 3 aromatic rings. The Morgan fingerprint density at radius 2 is 1.58 bits per heavy atom. The van der Waals surface area contributed by atoms with E-state index in [9.17, 15) is 14.4 Å². The molecule has 3 amide bonds. The van der Waals surface area contributed by atoms with Gasteiger partial charge < -0.3 is 15.5 Å². The number of anilines is 3. The summed E-state index contributed by atoms with van der Waals surface area (Å²) in [4.78, 5) is 40.3. The zero-order valence-electron chi connectivity index (χ0n) is 17.7. The number of amides is 3. The van der Waals surface area contributed by atoms with E-state index < -0.39 is 0 Å². The van der Waals surface area contributed by atoms with E-state index in [1.54, 1.807) is 61.6 Å². The van der Waals surface area contributed by atoms with Crippen LogP contribution < -0.4 is 15.5 Å². The fraction of sp³-hybridized carbons (Fsp3) is 0.208. The number of thiophene rings is 1. The normalized spacial score (nSPS) is 11.5. The smallest absolute Gasteiger partial charge is 0.268 e. The summed E-state index contributed by atoms with van der Waals surface area (Å²) in [7, 11) is 1.65. The Kier molecular flexibility index (Phi) is 7.20. The number of carbonyl (C=O) groups excluding carboxylic acids is 3. The van der Waals surface area contributed by atoms with Crippen molar-refractivity contribution in [3.05, 3.63) is 76.5 Å². The van der Waals surface area contributed by atoms with Crippen LogP contribution in [0.5, 0.6) is 0 Å². The molecule has 1 atom stereocenters. The van der Waals surface area contributed by atoms with Crippen molar-refractivity contribution in [2.45, 2.75) is 20.3 Å². The number of nitrogens with one attached hydrogen (secondary N) is 2. The van der Waals surface area contributed by atoms with E-state index in [1.807, 2.05) is 25.3 Å². The molecule has 2 N–H and O–H groups in total. The van der Waals surface area contributed by atoms with Gasteiger partial charge in [-0.15, -0.1) is 11.3 Å². The van der Waals surface area contributed by atoms with Crippen LogP contribution in [0.3, 0.4) is 0 Å². The second-order valence-electron chi connectivity index (χ2n) is 7.16. The quantitative estimate of drug-likeness (QED) is 0.531. The Labute approximate surface area is 185 Å². The summed E-state index contributed by atoms with van der Waals surface area (Å²) in [6, 6.07) is 17.6. The number of hydrogen-bond donors (Lipinski definition) is 2. The molecule has 0 saturated carbocycles. The molecule has 7 heteroatoms. The molecule has 0 bridgehead atoms. The van der Waals surface area contributed by atoms with Crippen molar-refractivity contribution in [2.24, 2.45) is 5.92 Å². The lowest BCUT2D eigenvalue weighted by molar-refractivity contribution is -0.119. The molecule has 1 aromatic heterocycles. The molecule has 0 saturated heterocycles. The number of benzene rings is 2. The average Bonchev–Trinajstić information content (AvgIpc) is 3.33. The highest BCUT2D eigenvalue weighted by Gasteiger charge is 2.21. The van der Waals surface area contributed by atoms with Gasteiger partial charge in [0.2, 0.25) is 5.91 Å². The first-order valence-corrected chi connectivity index (χ1v) is 10.9. The van der Waals surface area contributed by atoms with Crippen molar-refractivity contribution in [2.75, 3.05) is 22.6 Å². The lowest BCUT2D eigenvalue weighted by atomic mass is 10.1. The maximum absolute atomic E-state index is 13.1. The molecular formula is C24H25N3O3S. The van der Waals surface area contributed by atoms with E-state index in [-0.39, 0.29) is 23.6 Å². The fourth-order valence-corrected chi connectivity index (χ4v) is 3.66. The first-order valence-electron chi connectivity index (χ1n) is 10.0. The summed E-state index contributed by atoms with van der Waals surface area (Å²) in [6.45, 7) is 3.80. The van der Waals surface area contributed by atoms with Crippen LogP contribution in [0.1, 0.15) is 40.3 Å². The van der Waals surface area contributed by atoms with Gasteiger partial charge in [-0.25, -0.2) is 0 Å². The van der Waals surface area contributed by atoms with Gasteiger partial charge in [-0.1, -0.05) is 44.2 Å². The summed E-state index contributed by atoms with van der Waals surface area (Å²) in [5.74, 6) is -0.796. The maximum atomic E-state index is 13.1. The second kappa shape index (κ2) is 10.0. The average molecular weight is 436 g/mol. The first-order chi connectivity index (χ1) is 14.9. The summed E-state index contributed by atoms with van der Waals surface area (Å²) in [6.07, 6.45) is 0.721. The molecule has 0 fully saturated rings. The molecule has 31 heavy (non-hydrogen) atoms. The number of carbonyl (C=O) groups is 3. The minimum atomic E-state index is -0.369. The standard InChI is InChI=1S/C24H25N3O3S/c1-4-16(2)22(28)25-18-11-6-7-12-19(18)26-23(29)17-10-5-8-13-20(17)27(3)24(30)21-14-9-15-31-21/h5-16H,4H2,1-3H3,(H,25,28)(H,26,29). The molecule has 0 radical (unpaired) electrons. The lowest BCUT2D eigenvalue weighted by Crippen LogP contribution is -2.28. The van der Waals surface area contributed by atoms with Gasteiger partial charge in [0, 0.05) is 13.0 Å². The van der Waals surface area contributed by atoms with Crippen LogP contribution in [0.15, 0.2) is 66.0 Å². The molecule has 3 rings (SSSR count). The summed E-state index contributed by atoms with van der Waals surface area (Å²) in [5, 5.41) is 7.58. The van der Waals surface area contributed by atoms with Gasteiger partial charge >= 0.3 is 0 Å². The van der Waals surface area contributed by atoms with Crippen molar-refractivity contribution < 1.29 is 14.4 Å². The molecule has 0 spiro atoms. The van der Waals surface area contributed by atoms with Crippen LogP contribution in [0.2, 0.25) is 0 Å². The van der Waals surface area contributed by atoms with Gasteiger partial charge in [0.05, 0.1) is 27.5 Å². The van der Waals surface area contributed by atoms with E-state index in [1.165, 1.54) is 16.2 Å². The highest BCUT2D eigenvalue weighted by atomic mass is 32.1. The fourth-order valence-electron chi connectivity index (χ4n) is 2.97. The molecule has 0 aliphatic heterocycles. The molecule has 6 nitrogen and oxygen atoms in total. The number of nitrogens with zero attached hydrogens (tertiary/aromatic N) is 1. The van der Waals surface area contributed by atoms with E-state index in [0.717, 1.165) is 6.42 Å². The van der Waals surface area contributed by atoms with E-state index in [4.69, 9.17) is 0 Å². The Bertz CT molecular complexity index is 1080. The van der Waals surface area contributed by atoms with E-state index in [2.05, 4.69) is 10.6 Å². The van der Waals surface area contributed by atoms with Crippen molar-refractivity contribution in [1.82, 2.24) is 0 Å². The number of rotatable bonds is 7. The molecule has 0 aliphatic carbocycles. The Morgan fingerprint density at radius 3 is 2.23 bits per heavy atom. The van der Waals surface area contributed by atoms with Crippen molar-refractivity contribution in [3.63, 3.8) is 0 Å². The minimum absolute atomic E-state index is 0.106. The predicted molar refractivity (Wildman–Crippen MR) is 126 cm³/mol. The monoisotopic (exact) mass is 435 g/mol. The number of hydrogen-bond acceptors (Lipinski definition) is 4. The van der Waals surface area contributed by atoms with Gasteiger partial charge in [0.1, 0.15) is 0 Å². The first kappa shape index (κ1) is 22.2. The Hall–Kier alpha value is -3.45. The van der Waals surface area contributed by atoms with Crippen LogP contribution in [0, 0.1) is 5.92 Å². The van der Waals surface area contributed by atoms with Crippen molar-refractivity contribution in [1.29, 1.82) is 0 Å². The molecule has 1 unspecified atom stereocenters. The van der Waals surface area contributed by atoms with E-state index >= 15 is 0 Å². The van der Waals surface area contributed by atoms with Crippen molar-refractivity contribution in [3.8, 4) is 0 Å². The highest BCUT2D eigenvalue weighted by Crippen LogP contribution is 2.26. The lowest BCUT2D eigenvalue weighted by Gasteiger charge is -2.20. The molecular weight excluding hydrogens is 410 g/mol. The van der Waals surface area contributed by atoms with Gasteiger partial charge in [0.15, 0.2) is 0 Å². The minimum Gasteiger partial charge on any atom is -0.324 e. The van der Waals surface area contributed by atoms with Crippen LogP contribution >= 0.6 is 11.3 Å². The van der Waals surface area contributed by atoms with Gasteiger partial charge in [-0.05, 0) is 42.1 Å². The van der Waals surface area contributed by atoms with Crippen molar-refractivity contribution >= 4 is 46.1 Å². The summed E-state index contributed by atoms with van der Waals surface area (Å²) >= 11 is 1.35. The van der Waals surface area contributed by atoms with E-state index in [0.29, 0.717) is 27.5 Å².